The van der Waals surface area contributed by atoms with Crippen LogP contribution in [0.25, 0.3) is 0 Å². The van der Waals surface area contributed by atoms with Gasteiger partial charge in [0, 0.05) is 43.9 Å². The molecule has 3 aliphatic heterocycles. The Kier molecular flexibility index (Phi) is 5.69. The molecule has 4 N–H and O–H groups in total. The van der Waals surface area contributed by atoms with Gasteiger partial charge in [0.1, 0.15) is 0 Å². The molecule has 0 radical (unpaired) electrons. The average Bonchev–Trinajstić information content (AvgIpc) is 2.97. The molecule has 3 heterocycles. The molecule has 1 unspecified atom stereocenters. The second-order valence-corrected chi connectivity index (χ2v) is 6.55. The van der Waals surface area contributed by atoms with Gasteiger partial charge >= 0.3 is 0 Å². The van der Waals surface area contributed by atoms with Crippen molar-refractivity contribution in [2.24, 2.45) is 0 Å². The monoisotopic (exact) mass is 388 g/mol. The molecular formula is C18H20N4O6. The molecule has 28 heavy (non-hydrogen) atoms. The van der Waals surface area contributed by atoms with Crippen molar-refractivity contribution >= 4 is 35.8 Å². The lowest BCUT2D eigenvalue weighted by Gasteiger charge is -2.34. The lowest BCUT2D eigenvalue weighted by Crippen LogP contribution is -2.45. The first-order chi connectivity index (χ1) is 13.5. The van der Waals surface area contributed by atoms with E-state index in [1.807, 2.05) is 0 Å². The van der Waals surface area contributed by atoms with Gasteiger partial charge in [-0.2, -0.15) is 0 Å². The number of carbonyl (C=O) groups is 5. The highest BCUT2D eigenvalue weighted by Crippen LogP contribution is 2.38. The highest BCUT2D eigenvalue weighted by atomic mass is 16.3. The lowest BCUT2D eigenvalue weighted by molar-refractivity contribution is -0.134. The minimum Gasteiger partial charge on any atom is -0.483 e. The number of carbonyl (C=O) groups excluding carboxylic acids is 4. The third kappa shape index (κ3) is 3.58. The van der Waals surface area contributed by atoms with E-state index >= 15 is 0 Å². The summed E-state index contributed by atoms with van der Waals surface area (Å²) in [5.41, 5.74) is 1.92. The largest absolute Gasteiger partial charge is 0.483 e. The lowest BCUT2D eigenvalue weighted by atomic mass is 9.84. The Hall–Kier alpha value is -3.27. The van der Waals surface area contributed by atoms with Crippen molar-refractivity contribution in [1.29, 1.82) is 0 Å². The Bertz CT molecular complexity index is 847. The van der Waals surface area contributed by atoms with E-state index < -0.39 is 23.6 Å². The van der Waals surface area contributed by atoms with Gasteiger partial charge in [0.25, 0.3) is 18.3 Å². The molecule has 10 nitrogen and oxygen atoms in total. The Balaban J connectivity index is 0.000000706. The van der Waals surface area contributed by atoms with Crippen molar-refractivity contribution in [3.05, 3.63) is 28.8 Å². The predicted octanol–water partition coefficient (Wildman–Crippen LogP) is -0.799. The van der Waals surface area contributed by atoms with E-state index in [0.717, 1.165) is 31.9 Å². The van der Waals surface area contributed by atoms with E-state index in [1.54, 1.807) is 12.1 Å². The molecule has 1 atom stereocenters. The third-order valence-corrected chi connectivity index (χ3v) is 4.97. The van der Waals surface area contributed by atoms with Crippen LogP contribution in [0.15, 0.2) is 12.1 Å². The molecular weight excluding hydrogens is 368 g/mol. The molecule has 4 rings (SSSR count). The van der Waals surface area contributed by atoms with Crippen LogP contribution in [0.3, 0.4) is 0 Å². The molecule has 0 bridgehead atoms. The number of nitrogens with zero attached hydrogens (tertiary/aromatic N) is 1. The third-order valence-electron chi connectivity index (χ3n) is 4.97. The fourth-order valence-corrected chi connectivity index (χ4v) is 3.78. The Morgan fingerprint density at radius 2 is 1.71 bits per heavy atom. The van der Waals surface area contributed by atoms with E-state index in [1.165, 1.54) is 0 Å². The number of carboxylic acid groups (broad SMARTS) is 1. The topological polar surface area (TPSA) is 145 Å². The van der Waals surface area contributed by atoms with Crippen LogP contribution >= 0.6 is 0 Å². The van der Waals surface area contributed by atoms with Crippen molar-refractivity contribution in [3.8, 4) is 0 Å². The number of nitrogens with one attached hydrogen (secondary N) is 3. The summed E-state index contributed by atoms with van der Waals surface area (Å²) in [4.78, 5) is 58.8. The molecule has 0 aliphatic carbocycles. The highest BCUT2D eigenvalue weighted by molar-refractivity contribution is 6.23. The van der Waals surface area contributed by atoms with E-state index in [2.05, 4.69) is 20.9 Å². The number of hydrogen-bond acceptors (Lipinski definition) is 7. The molecule has 2 fully saturated rings. The van der Waals surface area contributed by atoms with E-state index in [-0.39, 0.29) is 24.4 Å². The average molecular weight is 388 g/mol. The van der Waals surface area contributed by atoms with Gasteiger partial charge in [-0.15, -0.1) is 0 Å². The summed E-state index contributed by atoms with van der Waals surface area (Å²) in [6, 6.07) is 3.45. The van der Waals surface area contributed by atoms with Gasteiger partial charge in [0.2, 0.25) is 11.8 Å². The van der Waals surface area contributed by atoms with Crippen molar-refractivity contribution in [3.63, 3.8) is 0 Å². The predicted molar refractivity (Wildman–Crippen MR) is 97.1 cm³/mol. The Morgan fingerprint density at radius 1 is 1.04 bits per heavy atom. The van der Waals surface area contributed by atoms with Crippen LogP contribution in [0.2, 0.25) is 0 Å². The molecule has 10 heteroatoms. The van der Waals surface area contributed by atoms with E-state index in [4.69, 9.17) is 9.90 Å². The second-order valence-electron chi connectivity index (χ2n) is 6.55. The van der Waals surface area contributed by atoms with Gasteiger partial charge in [-0.05, 0) is 18.6 Å². The van der Waals surface area contributed by atoms with Crippen LogP contribution in [0.1, 0.15) is 45.0 Å². The fraction of sp³-hybridized carbons (Fsp3) is 0.389. The number of benzene rings is 1. The summed E-state index contributed by atoms with van der Waals surface area (Å²) in [6.07, 6.45) is 0.554. The normalized spacial score (nSPS) is 21.3. The summed E-state index contributed by atoms with van der Waals surface area (Å²) < 4.78 is 0. The molecule has 4 amide bonds. The summed E-state index contributed by atoms with van der Waals surface area (Å²) >= 11 is 0. The van der Waals surface area contributed by atoms with Crippen LogP contribution in [-0.4, -0.2) is 61.4 Å². The SMILES string of the molecule is O=C1CCC(c2c(N3CCNCC3)ccc3c2C(=O)NC3=O)C(=O)N1.O=CO. The van der Waals surface area contributed by atoms with Crippen LogP contribution in [-0.2, 0) is 14.4 Å². The van der Waals surface area contributed by atoms with Crippen LogP contribution in [0, 0.1) is 0 Å². The zero-order valence-corrected chi connectivity index (χ0v) is 15.0. The fourth-order valence-electron chi connectivity index (χ4n) is 3.78. The molecule has 148 valence electrons. The number of piperidine rings is 1. The molecule has 1 aromatic carbocycles. The minimum atomic E-state index is -0.616. The number of anilines is 1. The number of imide groups is 2. The maximum absolute atomic E-state index is 12.4. The molecule has 0 saturated carbocycles. The minimum absolute atomic E-state index is 0.219. The highest BCUT2D eigenvalue weighted by Gasteiger charge is 2.39. The van der Waals surface area contributed by atoms with Gasteiger partial charge in [-0.3, -0.25) is 34.6 Å². The number of hydrogen-bond donors (Lipinski definition) is 4. The van der Waals surface area contributed by atoms with Gasteiger partial charge < -0.3 is 15.3 Å². The van der Waals surface area contributed by atoms with E-state index in [9.17, 15) is 19.2 Å². The number of piperazine rings is 1. The number of fused-ring (bicyclic) bond motifs is 1. The molecule has 2 saturated heterocycles. The standard InChI is InChI=1S/C17H18N4O4.CH2O2/c22-12-4-2-9(15(23)19-12)13-11(21-7-5-18-6-8-21)3-1-10-14(13)17(25)20-16(10)24;2-1-3/h1,3,9,18H,2,4-8H2,(H,19,22,23)(H,20,24,25);1H,(H,2,3). The van der Waals surface area contributed by atoms with Crippen LogP contribution in [0.4, 0.5) is 5.69 Å². The number of rotatable bonds is 2. The van der Waals surface area contributed by atoms with Crippen molar-refractivity contribution < 1.29 is 29.1 Å². The molecule has 1 aromatic rings. The molecule has 3 aliphatic rings. The van der Waals surface area contributed by atoms with Gasteiger partial charge in [-0.25, -0.2) is 0 Å². The van der Waals surface area contributed by atoms with E-state index in [0.29, 0.717) is 17.5 Å². The second kappa shape index (κ2) is 8.17. The zero-order chi connectivity index (χ0) is 20.3. The maximum Gasteiger partial charge on any atom is 0.290 e. The Labute approximate surface area is 160 Å². The van der Waals surface area contributed by atoms with Crippen LogP contribution in [0.5, 0.6) is 0 Å². The van der Waals surface area contributed by atoms with Gasteiger partial charge in [0.05, 0.1) is 17.0 Å². The van der Waals surface area contributed by atoms with Crippen LogP contribution < -0.4 is 20.9 Å². The molecule has 0 aromatic heterocycles. The first-order valence-electron chi connectivity index (χ1n) is 8.87. The summed E-state index contributed by atoms with van der Waals surface area (Å²) in [5.74, 6) is -2.25. The first-order valence-corrected chi connectivity index (χ1v) is 8.87. The van der Waals surface area contributed by atoms with Gasteiger partial charge in [0.15, 0.2) is 0 Å². The summed E-state index contributed by atoms with van der Waals surface area (Å²) in [6.45, 7) is 2.84. The maximum atomic E-state index is 12.4. The summed E-state index contributed by atoms with van der Waals surface area (Å²) in [5, 5.41) is 14.8. The van der Waals surface area contributed by atoms with Crippen molar-refractivity contribution in [2.75, 3.05) is 31.1 Å². The quantitative estimate of drug-likeness (QED) is 0.381. The van der Waals surface area contributed by atoms with Crippen molar-refractivity contribution in [1.82, 2.24) is 16.0 Å². The number of amides is 4. The first kappa shape index (κ1) is 19.5. The smallest absolute Gasteiger partial charge is 0.290 e. The van der Waals surface area contributed by atoms with Crippen molar-refractivity contribution in [2.45, 2.75) is 18.8 Å². The zero-order valence-electron chi connectivity index (χ0n) is 15.0. The molecule has 0 spiro atoms. The Morgan fingerprint density at radius 3 is 2.36 bits per heavy atom. The summed E-state index contributed by atoms with van der Waals surface area (Å²) in [7, 11) is 0. The van der Waals surface area contributed by atoms with Gasteiger partial charge in [-0.1, -0.05) is 0 Å².